The molecule has 0 heterocycles. The molecule has 0 aromatic heterocycles. The van der Waals surface area contributed by atoms with Crippen molar-refractivity contribution in [1.29, 1.82) is 0 Å². The maximum atomic E-state index is 4.72. The van der Waals surface area contributed by atoms with Crippen LogP contribution in [0.15, 0.2) is 29.6 Å². The van der Waals surface area contributed by atoms with E-state index >= 15 is 0 Å². The summed E-state index contributed by atoms with van der Waals surface area (Å²) in [6.45, 7) is 8.90. The molecule has 50 valence electrons. The summed E-state index contributed by atoms with van der Waals surface area (Å²) >= 11 is 0. The van der Waals surface area contributed by atoms with Crippen LogP contribution in [0.4, 0.5) is 0 Å². The van der Waals surface area contributed by atoms with E-state index in [2.05, 4.69) is 18.2 Å². The zero-order valence-corrected chi connectivity index (χ0v) is 5.85. The van der Waals surface area contributed by atoms with E-state index in [4.69, 9.17) is 4.74 Å². The molecule has 0 aromatic carbocycles. The van der Waals surface area contributed by atoms with E-state index in [0.717, 1.165) is 5.70 Å². The lowest BCUT2D eigenvalue weighted by Crippen LogP contribution is -1.83. The summed E-state index contributed by atoms with van der Waals surface area (Å²) in [6.07, 6.45) is 1.53. The molecule has 2 nitrogen and oxygen atoms in total. The number of aliphatic imine (C=N–C) groups is 1. The zero-order valence-electron chi connectivity index (χ0n) is 5.85. The number of hydrogen-bond donors (Lipinski definition) is 0. The predicted molar refractivity (Wildman–Crippen MR) is 39.5 cm³/mol. The van der Waals surface area contributed by atoms with Gasteiger partial charge in [-0.05, 0) is 6.92 Å². The fourth-order valence-electron chi connectivity index (χ4n) is 0.235. The molecule has 0 aromatic rings. The van der Waals surface area contributed by atoms with Crippen LogP contribution in [-0.4, -0.2) is 13.3 Å². The average Bonchev–Trinajstić information content (AvgIpc) is 1.83. The number of methoxy groups -OCH3 is 1. The van der Waals surface area contributed by atoms with Crippen LogP contribution in [0.25, 0.3) is 0 Å². The monoisotopic (exact) mass is 125 g/mol. The molecule has 0 atom stereocenters. The van der Waals surface area contributed by atoms with E-state index in [1.54, 1.807) is 14.0 Å². The maximum Gasteiger partial charge on any atom is 0.129 e. The van der Waals surface area contributed by atoms with Crippen LogP contribution >= 0.6 is 0 Å². The normalized spacial score (nSPS) is 9.56. The van der Waals surface area contributed by atoms with Gasteiger partial charge in [-0.1, -0.05) is 13.2 Å². The topological polar surface area (TPSA) is 21.6 Å². The first-order chi connectivity index (χ1) is 4.16. The van der Waals surface area contributed by atoms with Crippen LogP contribution in [0.1, 0.15) is 6.92 Å². The van der Waals surface area contributed by atoms with Crippen molar-refractivity contribution < 1.29 is 4.74 Å². The Labute approximate surface area is 55.6 Å². The number of rotatable bonds is 3. The lowest BCUT2D eigenvalue weighted by Gasteiger charge is -1.93. The molecule has 0 saturated carbocycles. The van der Waals surface area contributed by atoms with Gasteiger partial charge in [-0.15, -0.1) is 0 Å². The van der Waals surface area contributed by atoms with Gasteiger partial charge >= 0.3 is 0 Å². The molecule has 9 heavy (non-hydrogen) atoms. The van der Waals surface area contributed by atoms with Gasteiger partial charge in [0.25, 0.3) is 0 Å². The molecule has 0 N–H and O–H groups in total. The van der Waals surface area contributed by atoms with Crippen molar-refractivity contribution in [1.82, 2.24) is 0 Å². The Balaban J connectivity index is 3.71. The van der Waals surface area contributed by atoms with E-state index in [1.807, 2.05) is 0 Å². The minimum atomic E-state index is 0.540. The fraction of sp³-hybridized carbons (Fsp3) is 0.286. The molecule has 0 radical (unpaired) electrons. The van der Waals surface area contributed by atoms with Crippen molar-refractivity contribution in [3.8, 4) is 0 Å². The van der Waals surface area contributed by atoms with Crippen LogP contribution in [0.5, 0.6) is 0 Å². The van der Waals surface area contributed by atoms with E-state index in [9.17, 15) is 0 Å². The Bertz CT molecular complexity index is 147. The van der Waals surface area contributed by atoms with Crippen molar-refractivity contribution in [3.63, 3.8) is 0 Å². The first-order valence-electron chi connectivity index (χ1n) is 2.59. The molecule has 0 aliphatic carbocycles. The first-order valence-corrected chi connectivity index (χ1v) is 2.59. The van der Waals surface area contributed by atoms with Crippen molar-refractivity contribution in [2.45, 2.75) is 6.92 Å². The quantitative estimate of drug-likeness (QED) is 0.416. The predicted octanol–water partition coefficient (Wildman–Crippen LogP) is 1.75. The second-order valence-corrected chi connectivity index (χ2v) is 1.66. The minimum Gasteiger partial charge on any atom is -0.496 e. The largest absolute Gasteiger partial charge is 0.496 e. The van der Waals surface area contributed by atoms with E-state index in [-0.39, 0.29) is 0 Å². The van der Waals surface area contributed by atoms with Gasteiger partial charge in [0.15, 0.2) is 0 Å². The molecular weight excluding hydrogens is 114 g/mol. The van der Waals surface area contributed by atoms with Gasteiger partial charge in [0.1, 0.15) is 5.76 Å². The van der Waals surface area contributed by atoms with Gasteiger partial charge in [-0.2, -0.15) is 0 Å². The first kappa shape index (κ1) is 7.95. The third-order valence-corrected chi connectivity index (χ3v) is 0.691. The molecule has 2 heteroatoms. The maximum absolute atomic E-state index is 4.72. The average molecular weight is 125 g/mol. The summed E-state index contributed by atoms with van der Waals surface area (Å²) in [5.41, 5.74) is 0.744. The third kappa shape index (κ3) is 4.81. The summed E-state index contributed by atoms with van der Waals surface area (Å²) in [7, 11) is 1.55. The summed E-state index contributed by atoms with van der Waals surface area (Å²) in [6, 6.07) is 0. The highest BCUT2D eigenvalue weighted by atomic mass is 16.5. The lowest BCUT2D eigenvalue weighted by molar-refractivity contribution is 0.319. The van der Waals surface area contributed by atoms with Crippen molar-refractivity contribution in [2.75, 3.05) is 7.11 Å². The van der Waals surface area contributed by atoms with Crippen molar-refractivity contribution >= 4 is 6.21 Å². The Morgan fingerprint density at radius 1 is 1.56 bits per heavy atom. The molecule has 0 saturated heterocycles. The smallest absolute Gasteiger partial charge is 0.129 e. The number of hydrogen-bond acceptors (Lipinski definition) is 2. The molecule has 0 fully saturated rings. The molecule has 0 aliphatic heterocycles. The lowest BCUT2D eigenvalue weighted by atomic mass is 10.5. The van der Waals surface area contributed by atoms with Crippen LogP contribution in [0.2, 0.25) is 0 Å². The number of nitrogens with zero attached hydrogens (tertiary/aromatic N) is 1. The standard InChI is InChI=1S/C7H11NO/c1-6(2)8-5-7(3)9-4/h5H,1,3H2,2,4H3. The third-order valence-electron chi connectivity index (χ3n) is 0.691. The van der Waals surface area contributed by atoms with Crippen molar-refractivity contribution in [3.05, 3.63) is 24.6 Å². The highest BCUT2D eigenvalue weighted by molar-refractivity contribution is 5.75. The zero-order chi connectivity index (χ0) is 7.28. The highest BCUT2D eigenvalue weighted by Gasteiger charge is 1.80. The summed E-state index contributed by atoms with van der Waals surface area (Å²) in [5, 5.41) is 0. The van der Waals surface area contributed by atoms with Gasteiger partial charge in [-0.25, -0.2) is 0 Å². The van der Waals surface area contributed by atoms with Gasteiger partial charge in [0.2, 0.25) is 0 Å². The Kier molecular flexibility index (Phi) is 3.44. The molecule has 0 bridgehead atoms. The molecule has 0 amide bonds. The molecular formula is C7H11NO. The van der Waals surface area contributed by atoms with Crippen LogP contribution in [0.3, 0.4) is 0 Å². The van der Waals surface area contributed by atoms with Gasteiger partial charge < -0.3 is 4.74 Å². The summed E-state index contributed by atoms with van der Waals surface area (Å²) in [5.74, 6) is 0.540. The van der Waals surface area contributed by atoms with E-state index < -0.39 is 0 Å². The Morgan fingerprint density at radius 3 is 2.44 bits per heavy atom. The van der Waals surface area contributed by atoms with Crippen LogP contribution in [0, 0.1) is 0 Å². The number of ether oxygens (including phenoxy) is 1. The highest BCUT2D eigenvalue weighted by Crippen LogP contribution is 1.90. The second-order valence-electron chi connectivity index (χ2n) is 1.66. The molecule has 0 rings (SSSR count). The fourth-order valence-corrected chi connectivity index (χ4v) is 0.235. The van der Waals surface area contributed by atoms with Crippen molar-refractivity contribution in [2.24, 2.45) is 4.99 Å². The van der Waals surface area contributed by atoms with Gasteiger partial charge in [0, 0.05) is 5.70 Å². The SMILES string of the molecule is C=C(C)N=CC(=C)OC. The van der Waals surface area contributed by atoms with E-state index in [0.29, 0.717) is 5.76 Å². The molecule has 0 spiro atoms. The van der Waals surface area contributed by atoms with Crippen LogP contribution in [-0.2, 0) is 4.74 Å². The molecule has 0 aliphatic rings. The summed E-state index contributed by atoms with van der Waals surface area (Å²) in [4.78, 5) is 3.85. The Hall–Kier alpha value is -1.05. The second kappa shape index (κ2) is 3.89. The van der Waals surface area contributed by atoms with Gasteiger partial charge in [0.05, 0.1) is 13.3 Å². The van der Waals surface area contributed by atoms with E-state index in [1.165, 1.54) is 6.21 Å². The van der Waals surface area contributed by atoms with Gasteiger partial charge in [-0.3, -0.25) is 4.99 Å². The minimum absolute atomic E-state index is 0.540. The molecule has 0 unspecified atom stereocenters. The number of allylic oxidation sites excluding steroid dienone is 2. The Morgan fingerprint density at radius 2 is 2.11 bits per heavy atom. The summed E-state index contributed by atoms with van der Waals surface area (Å²) < 4.78 is 4.72. The van der Waals surface area contributed by atoms with Crippen LogP contribution < -0.4 is 0 Å².